The number of hydrogen-bond acceptors (Lipinski definition) is 8. The third-order valence-electron chi connectivity index (χ3n) is 7.70. The smallest absolute Gasteiger partial charge is 0.308 e. The molecule has 3 atom stereocenters. The van der Waals surface area contributed by atoms with Gasteiger partial charge in [-0.3, -0.25) is 9.79 Å². The zero-order valence-electron chi connectivity index (χ0n) is 22.3. The average Bonchev–Trinajstić information content (AvgIpc) is 3.04. The fraction of sp³-hybridized carbons (Fsp3) is 0.379. The Morgan fingerprint density at radius 3 is 2.42 bits per heavy atom. The number of ether oxygens (including phenoxy) is 1. The van der Waals surface area contributed by atoms with Gasteiger partial charge in [-0.1, -0.05) is 37.3 Å². The highest BCUT2D eigenvalue weighted by molar-refractivity contribution is 8.04. The van der Waals surface area contributed by atoms with Gasteiger partial charge in [0.15, 0.2) is 17.4 Å². The van der Waals surface area contributed by atoms with Crippen LogP contribution >= 0.6 is 11.8 Å². The van der Waals surface area contributed by atoms with Crippen molar-refractivity contribution in [3.63, 3.8) is 0 Å². The van der Waals surface area contributed by atoms with Gasteiger partial charge in [0.2, 0.25) is 0 Å². The maximum atomic E-state index is 14.0. The largest absolute Gasteiger partial charge is 0.505 e. The number of esters is 1. The molecule has 0 fully saturated rings. The van der Waals surface area contributed by atoms with Crippen molar-refractivity contribution in [3.05, 3.63) is 64.4 Å². The molecule has 0 saturated carbocycles. The summed E-state index contributed by atoms with van der Waals surface area (Å²) in [6.07, 6.45) is 0.0461. The highest BCUT2D eigenvalue weighted by Crippen LogP contribution is 2.54. The molecule has 0 amide bonds. The van der Waals surface area contributed by atoms with Gasteiger partial charge in [0.05, 0.1) is 36.0 Å². The number of nitrogens with zero attached hydrogens (tertiary/aromatic N) is 4. The molecule has 2 aromatic carbocycles. The Hall–Kier alpha value is -3.46. The molecule has 198 valence electrons. The van der Waals surface area contributed by atoms with Crippen LogP contribution in [0.5, 0.6) is 5.75 Å². The molecule has 0 bridgehead atoms. The van der Waals surface area contributed by atoms with Gasteiger partial charge >= 0.3 is 5.97 Å². The second kappa shape index (κ2) is 9.69. The summed E-state index contributed by atoms with van der Waals surface area (Å²) in [5.74, 6) is -0.602. The van der Waals surface area contributed by atoms with Crippen molar-refractivity contribution in [3.8, 4) is 16.9 Å². The lowest BCUT2D eigenvalue weighted by molar-refractivity contribution is -0.140. The molecule has 3 heterocycles. The van der Waals surface area contributed by atoms with Crippen LogP contribution in [0.4, 0.5) is 4.39 Å². The molecule has 5 rings (SSSR count). The number of fused-ring (bicyclic) bond motifs is 2. The molecule has 0 spiro atoms. The second-order valence-corrected chi connectivity index (χ2v) is 12.1. The van der Waals surface area contributed by atoms with Crippen molar-refractivity contribution in [1.29, 1.82) is 0 Å². The van der Waals surface area contributed by atoms with Crippen molar-refractivity contribution in [1.82, 2.24) is 4.90 Å². The van der Waals surface area contributed by atoms with Crippen LogP contribution in [0.3, 0.4) is 0 Å². The predicted octanol–water partition coefficient (Wildman–Crippen LogP) is 5.78. The number of carbonyl (C=O) groups is 1. The van der Waals surface area contributed by atoms with Crippen molar-refractivity contribution in [2.75, 3.05) is 7.11 Å². The summed E-state index contributed by atoms with van der Waals surface area (Å²) in [6, 6.07) is 11.5. The first-order chi connectivity index (χ1) is 18.0. The van der Waals surface area contributed by atoms with E-state index in [2.05, 4.69) is 42.8 Å². The molecule has 0 aliphatic carbocycles. The average molecular weight is 535 g/mol. The van der Waals surface area contributed by atoms with Crippen molar-refractivity contribution >= 4 is 35.0 Å². The summed E-state index contributed by atoms with van der Waals surface area (Å²) >= 11 is 1.80. The molecular weight excluding hydrogens is 503 g/mol. The molecule has 0 radical (unpaired) electrons. The van der Waals surface area contributed by atoms with Gasteiger partial charge in [-0.15, -0.1) is 16.9 Å². The Morgan fingerprint density at radius 2 is 1.76 bits per heavy atom. The van der Waals surface area contributed by atoms with E-state index in [-0.39, 0.29) is 34.8 Å². The van der Waals surface area contributed by atoms with Crippen LogP contribution in [0, 0.1) is 11.7 Å². The quantitative estimate of drug-likeness (QED) is 0.502. The molecule has 9 heteroatoms. The number of benzene rings is 2. The van der Waals surface area contributed by atoms with Crippen LogP contribution in [0.2, 0.25) is 0 Å². The van der Waals surface area contributed by atoms with Gasteiger partial charge in [-0.05, 0) is 51.0 Å². The van der Waals surface area contributed by atoms with E-state index in [1.54, 1.807) is 17.8 Å². The van der Waals surface area contributed by atoms with E-state index in [4.69, 9.17) is 9.73 Å². The topological polar surface area (TPSA) is 86.9 Å². The van der Waals surface area contributed by atoms with E-state index < -0.39 is 11.9 Å². The van der Waals surface area contributed by atoms with Gasteiger partial charge in [-0.2, -0.15) is 5.10 Å². The number of amidine groups is 1. The lowest BCUT2D eigenvalue weighted by atomic mass is 9.84. The second-order valence-electron chi connectivity index (χ2n) is 10.4. The molecule has 3 aliphatic rings. The summed E-state index contributed by atoms with van der Waals surface area (Å²) in [5, 5.41) is 19.6. The monoisotopic (exact) mass is 534 g/mol. The van der Waals surface area contributed by atoms with E-state index in [1.807, 2.05) is 31.2 Å². The van der Waals surface area contributed by atoms with Crippen LogP contribution in [-0.2, 0) is 9.53 Å². The maximum Gasteiger partial charge on any atom is 0.308 e. The van der Waals surface area contributed by atoms with Gasteiger partial charge in [0.25, 0.3) is 0 Å². The lowest BCUT2D eigenvalue weighted by Crippen LogP contribution is -2.47. The number of methoxy groups -OCH3 is 1. The maximum absolute atomic E-state index is 14.0. The zero-order valence-corrected chi connectivity index (χ0v) is 23.1. The third-order valence-corrected chi connectivity index (χ3v) is 9.19. The Labute approximate surface area is 226 Å². The minimum absolute atomic E-state index is 0.0393. The fourth-order valence-corrected chi connectivity index (χ4v) is 6.49. The van der Waals surface area contributed by atoms with Gasteiger partial charge < -0.3 is 14.7 Å². The Morgan fingerprint density at radius 1 is 1.11 bits per heavy atom. The highest BCUT2D eigenvalue weighted by atomic mass is 32.2. The molecule has 1 N–H and O–H groups in total. The van der Waals surface area contributed by atoms with E-state index in [9.17, 15) is 14.3 Å². The summed E-state index contributed by atoms with van der Waals surface area (Å²) in [5.41, 5.74) is 5.19. The Balaban J connectivity index is 1.66. The number of thioether (sulfide) groups is 1. The molecule has 38 heavy (non-hydrogen) atoms. The number of carbonyl (C=O) groups excluding carboxylic acids is 1. The number of aromatic hydroxyl groups is 1. The third kappa shape index (κ3) is 4.42. The van der Waals surface area contributed by atoms with E-state index in [0.717, 1.165) is 33.2 Å². The van der Waals surface area contributed by atoms with E-state index in [0.29, 0.717) is 11.4 Å². The summed E-state index contributed by atoms with van der Waals surface area (Å²) in [6.45, 7) is 10.7. The fourth-order valence-electron chi connectivity index (χ4n) is 4.96. The van der Waals surface area contributed by atoms with Crippen LogP contribution in [0.1, 0.15) is 46.6 Å². The number of allylic oxidation sites excluding steroid dienone is 1. The van der Waals surface area contributed by atoms with Crippen LogP contribution < -0.4 is 0 Å². The number of phenolic OH excluding ortho intramolecular Hbond substituents is 1. The predicted molar refractivity (Wildman–Crippen MR) is 150 cm³/mol. The Bertz CT molecular complexity index is 1430. The molecule has 0 aromatic heterocycles. The first-order valence-electron chi connectivity index (χ1n) is 12.6. The number of halogens is 1. The minimum Gasteiger partial charge on any atom is -0.505 e. The molecule has 2 aromatic rings. The van der Waals surface area contributed by atoms with Crippen molar-refractivity contribution in [2.24, 2.45) is 21.1 Å². The molecule has 3 aliphatic heterocycles. The molecular formula is C29H31FN4O3S. The normalized spacial score (nSPS) is 24.1. The number of phenols is 1. The molecule has 1 unspecified atom stereocenters. The van der Waals surface area contributed by atoms with Gasteiger partial charge in [0, 0.05) is 21.8 Å². The number of hydrogen-bond donors (Lipinski definition) is 1. The van der Waals surface area contributed by atoms with Crippen LogP contribution in [-0.4, -0.2) is 57.2 Å². The van der Waals surface area contributed by atoms with E-state index >= 15 is 0 Å². The molecule has 7 nitrogen and oxygen atoms in total. The number of rotatable bonds is 4. The summed E-state index contributed by atoms with van der Waals surface area (Å²) in [7, 11) is 1.37. The van der Waals surface area contributed by atoms with Crippen molar-refractivity contribution in [2.45, 2.75) is 57.9 Å². The Kier molecular flexibility index (Phi) is 6.67. The molecule has 0 saturated heterocycles. The lowest BCUT2D eigenvalue weighted by Gasteiger charge is -2.36. The SMILES string of the molecule is COC(=O)C[C@@H]1N=C(c2ccc(-c3ccc(O)c(F)c3)cc2)C2=C(SC(C)(C)C2C)N2C1=NN=C(C)[C@@H]2C. The van der Waals surface area contributed by atoms with Crippen LogP contribution in [0.25, 0.3) is 11.1 Å². The minimum atomic E-state index is -0.664. The van der Waals surface area contributed by atoms with Gasteiger partial charge in [-0.25, -0.2) is 4.39 Å². The summed E-state index contributed by atoms with van der Waals surface area (Å²) < 4.78 is 18.9. The number of aliphatic imine (C=N–C) groups is 1. The van der Waals surface area contributed by atoms with Crippen LogP contribution in [0.15, 0.2) is 68.3 Å². The standard InChI is InChI=1S/C29H31FN4O3S/c1-15-25-26(19-9-7-18(8-10-19)20-11-12-23(35)21(30)13-20)31-22(14-24(36)37-6)27-33-32-16(2)17(3)34(27)28(25)38-29(15,4)5/h7-13,15,17,22,35H,14H2,1-6H3/t15?,17-,22-/m0/s1. The first kappa shape index (κ1) is 26.2. The highest BCUT2D eigenvalue weighted by Gasteiger charge is 2.48. The summed E-state index contributed by atoms with van der Waals surface area (Å²) in [4.78, 5) is 19.8. The van der Waals surface area contributed by atoms with Gasteiger partial charge in [0.1, 0.15) is 6.04 Å². The van der Waals surface area contributed by atoms with E-state index in [1.165, 1.54) is 19.2 Å². The van der Waals surface area contributed by atoms with Crippen molar-refractivity contribution < 1.29 is 19.0 Å². The first-order valence-corrected chi connectivity index (χ1v) is 13.4. The zero-order chi connectivity index (χ0) is 27.4.